The van der Waals surface area contributed by atoms with Crippen molar-refractivity contribution in [2.45, 2.75) is 58.0 Å². The maximum absolute atomic E-state index is 13.5. The van der Waals surface area contributed by atoms with Crippen LogP contribution < -0.4 is 26.4 Å². The van der Waals surface area contributed by atoms with Crippen LogP contribution >= 0.6 is 0 Å². The van der Waals surface area contributed by atoms with E-state index in [4.69, 9.17) is 4.74 Å². The van der Waals surface area contributed by atoms with E-state index in [1.807, 2.05) is 6.92 Å². The molecule has 3 aliphatic carbocycles. The Morgan fingerprint density at radius 2 is 1.80 bits per heavy atom. The van der Waals surface area contributed by atoms with Gasteiger partial charge in [-0.2, -0.15) is 4.98 Å². The number of aliphatic carboxylic acids is 1. The Labute approximate surface area is 232 Å². The molecule has 3 aromatic rings. The lowest BCUT2D eigenvalue weighted by atomic mass is 9.52. The van der Waals surface area contributed by atoms with E-state index in [0.29, 0.717) is 55.5 Å². The zero-order chi connectivity index (χ0) is 28.9. The zero-order valence-corrected chi connectivity index (χ0v) is 22.3. The Hall–Kier alpha value is -4.75. The number of ether oxygens (including phenoxy) is 1. The van der Waals surface area contributed by atoms with Crippen molar-refractivity contribution in [2.75, 3.05) is 11.9 Å². The minimum absolute atomic E-state index is 0.0156. The van der Waals surface area contributed by atoms with Gasteiger partial charge in [0.2, 0.25) is 0 Å². The Morgan fingerprint density at radius 3 is 2.51 bits per heavy atom. The number of aromatic amines is 1. The fraction of sp³-hybridized carbons (Fsp3) is 0.444. The van der Waals surface area contributed by atoms with Gasteiger partial charge in [0.15, 0.2) is 6.61 Å². The molecule has 1 atom stereocenters. The van der Waals surface area contributed by atoms with Crippen LogP contribution in [-0.4, -0.2) is 61.0 Å². The van der Waals surface area contributed by atoms with Gasteiger partial charge in [-0.05, 0) is 68.6 Å². The summed E-state index contributed by atoms with van der Waals surface area (Å²) in [6.45, 7) is 1.95. The Kier molecular flexibility index (Phi) is 6.27. The smallest absolute Gasteiger partial charge is 0.363 e. The number of anilines is 1. The number of fused-ring (bicyclic) bond motifs is 5. The van der Waals surface area contributed by atoms with Crippen molar-refractivity contribution in [1.29, 1.82) is 0 Å². The van der Waals surface area contributed by atoms with Crippen LogP contribution in [0.1, 0.15) is 72.0 Å². The fourth-order valence-corrected chi connectivity index (χ4v) is 6.29. The first kappa shape index (κ1) is 26.5. The minimum Gasteiger partial charge on any atom is -0.482 e. The highest BCUT2D eigenvalue weighted by molar-refractivity contribution is 5.98. The lowest BCUT2D eigenvalue weighted by Crippen LogP contribution is -2.54. The molecule has 2 bridgehead atoms. The number of amides is 3. The fourth-order valence-electron chi connectivity index (χ4n) is 6.29. The van der Waals surface area contributed by atoms with E-state index < -0.39 is 28.9 Å². The molecule has 0 spiro atoms. The molecule has 14 nitrogen and oxygen atoms in total. The minimum atomic E-state index is -0.746. The molecule has 4 aliphatic rings. The van der Waals surface area contributed by atoms with E-state index in [-0.39, 0.29) is 47.7 Å². The maximum Gasteiger partial charge on any atom is 0.363 e. The molecule has 1 unspecified atom stereocenters. The number of nitrogens with zero attached hydrogens (tertiary/aromatic N) is 3. The van der Waals surface area contributed by atoms with Gasteiger partial charge in [0, 0.05) is 18.7 Å². The van der Waals surface area contributed by atoms with Crippen molar-refractivity contribution in [3.05, 3.63) is 51.7 Å². The first-order chi connectivity index (χ1) is 19.6. The first-order valence-electron chi connectivity index (χ1n) is 13.5. The van der Waals surface area contributed by atoms with Crippen LogP contribution in [0.25, 0.3) is 5.78 Å². The molecular weight excluding hydrogens is 534 g/mol. The highest BCUT2D eigenvalue weighted by Crippen LogP contribution is 2.58. The van der Waals surface area contributed by atoms with Crippen LogP contribution in [0.4, 0.5) is 5.69 Å². The second kappa shape index (κ2) is 9.71. The van der Waals surface area contributed by atoms with Gasteiger partial charge >= 0.3 is 11.7 Å². The predicted octanol–water partition coefficient (Wildman–Crippen LogP) is 1.22. The van der Waals surface area contributed by atoms with E-state index >= 15 is 0 Å². The lowest BCUT2D eigenvalue weighted by Gasteiger charge is -2.54. The van der Waals surface area contributed by atoms with Gasteiger partial charge in [0.25, 0.3) is 23.5 Å². The molecule has 41 heavy (non-hydrogen) atoms. The second-order valence-corrected chi connectivity index (χ2v) is 11.2. The van der Waals surface area contributed by atoms with Crippen LogP contribution in [0, 0.1) is 10.8 Å². The summed E-state index contributed by atoms with van der Waals surface area (Å²) in [5.41, 5.74) is -0.540. The third-order valence-corrected chi connectivity index (χ3v) is 8.96. The number of nitrogens with one attached hydrogen (secondary N) is 4. The van der Waals surface area contributed by atoms with Gasteiger partial charge in [-0.1, -0.05) is 6.07 Å². The summed E-state index contributed by atoms with van der Waals surface area (Å²) in [5.74, 6) is -1.73. The predicted molar refractivity (Wildman–Crippen MR) is 142 cm³/mol. The Bertz CT molecular complexity index is 1630. The molecule has 5 N–H and O–H groups in total. The average Bonchev–Trinajstić information content (AvgIpc) is 3.35. The van der Waals surface area contributed by atoms with Crippen molar-refractivity contribution in [1.82, 2.24) is 30.2 Å². The number of carboxylic acid groups (broad SMARTS) is 1. The van der Waals surface area contributed by atoms with Crippen molar-refractivity contribution < 1.29 is 29.0 Å². The molecule has 0 saturated heterocycles. The van der Waals surface area contributed by atoms with E-state index in [1.165, 1.54) is 6.07 Å². The molecule has 214 valence electrons. The molecule has 2 aromatic heterocycles. The molecule has 3 heterocycles. The van der Waals surface area contributed by atoms with Crippen molar-refractivity contribution in [2.24, 2.45) is 10.8 Å². The van der Waals surface area contributed by atoms with Crippen molar-refractivity contribution >= 4 is 35.2 Å². The Morgan fingerprint density at radius 1 is 1.07 bits per heavy atom. The van der Waals surface area contributed by atoms with Crippen molar-refractivity contribution in [3.63, 3.8) is 0 Å². The largest absolute Gasteiger partial charge is 0.482 e. The number of hydrogen-bond donors (Lipinski definition) is 5. The van der Waals surface area contributed by atoms with Gasteiger partial charge in [-0.3, -0.25) is 19.2 Å². The molecular formula is C27H29N7O7. The third-order valence-electron chi connectivity index (χ3n) is 8.96. The number of hydrogen-bond acceptors (Lipinski definition) is 8. The number of rotatable bonds is 7. The summed E-state index contributed by atoms with van der Waals surface area (Å²) in [5, 5.41) is 20.6. The summed E-state index contributed by atoms with van der Waals surface area (Å²) < 4.78 is 6.49. The van der Waals surface area contributed by atoms with Crippen LogP contribution in [0.15, 0.2) is 29.1 Å². The highest BCUT2D eigenvalue weighted by Gasteiger charge is 2.54. The zero-order valence-electron chi connectivity index (χ0n) is 22.3. The molecule has 3 saturated carbocycles. The third kappa shape index (κ3) is 4.68. The number of H-pyrrole nitrogens is 1. The van der Waals surface area contributed by atoms with E-state index in [9.17, 15) is 29.1 Å². The molecule has 3 amide bonds. The standard InChI is InChI=1S/C27H29N7O7/c1-14(26-4-7-27(8-5-26,9-6-26)23(38)39)29-22(37)18-11-17(31-24-32-25(40)33-34(18)24)21(36)28-12-15-2-3-19-16(10-15)30-20(35)13-41-19/h2-3,10-11,14H,4-9,12-13H2,1H3,(H,28,36)(H,29,37)(H,30,35)(H,33,40)(H,38,39). The van der Waals surface area contributed by atoms with E-state index in [0.717, 1.165) is 4.52 Å². The SMILES string of the molecule is CC(NC(=O)c1cc(C(=O)NCc2ccc3c(c2)NC(=O)CO3)nc2nc(=O)[nH]n12)C12CCC(C(=O)O)(CC1)CC2. The molecule has 1 aliphatic heterocycles. The number of benzene rings is 1. The van der Waals surface area contributed by atoms with E-state index in [1.54, 1.807) is 18.2 Å². The van der Waals surface area contributed by atoms with Crippen LogP contribution in [0.3, 0.4) is 0 Å². The lowest BCUT2D eigenvalue weighted by molar-refractivity contribution is -0.159. The molecule has 7 rings (SSSR count). The summed E-state index contributed by atoms with van der Waals surface area (Å²) in [7, 11) is 0. The quantitative estimate of drug-likeness (QED) is 0.281. The number of aromatic nitrogens is 4. The average molecular weight is 564 g/mol. The molecule has 1 aromatic carbocycles. The number of carboxylic acids is 1. The summed E-state index contributed by atoms with van der Waals surface area (Å²) in [6.07, 6.45) is 3.81. The van der Waals surface area contributed by atoms with Crippen LogP contribution in [0.2, 0.25) is 0 Å². The molecule has 14 heteroatoms. The Balaban J connectivity index is 1.19. The van der Waals surface area contributed by atoms with E-state index in [2.05, 4.69) is 31.0 Å². The number of carbonyl (C=O) groups excluding carboxylic acids is 3. The highest BCUT2D eigenvalue weighted by atomic mass is 16.5. The molecule has 0 radical (unpaired) electrons. The summed E-state index contributed by atoms with van der Waals surface area (Å²) >= 11 is 0. The summed E-state index contributed by atoms with van der Waals surface area (Å²) in [4.78, 5) is 69.9. The van der Waals surface area contributed by atoms with Gasteiger partial charge in [0.1, 0.15) is 17.1 Å². The monoisotopic (exact) mass is 563 g/mol. The first-order valence-corrected chi connectivity index (χ1v) is 13.5. The van der Waals surface area contributed by atoms with Gasteiger partial charge in [-0.25, -0.2) is 19.4 Å². The molecule has 3 fully saturated rings. The van der Waals surface area contributed by atoms with Gasteiger partial charge in [-0.15, -0.1) is 0 Å². The number of carbonyl (C=O) groups is 4. The van der Waals surface area contributed by atoms with Crippen LogP contribution in [-0.2, 0) is 16.1 Å². The normalized spacial score (nSPS) is 23.7. The maximum atomic E-state index is 13.5. The van der Waals surface area contributed by atoms with Crippen LogP contribution in [0.5, 0.6) is 5.75 Å². The van der Waals surface area contributed by atoms with Gasteiger partial charge < -0.3 is 25.8 Å². The van der Waals surface area contributed by atoms with Crippen molar-refractivity contribution in [3.8, 4) is 5.75 Å². The second-order valence-electron chi connectivity index (χ2n) is 11.2. The summed E-state index contributed by atoms with van der Waals surface area (Å²) in [6, 6.07) is 6.15. The van der Waals surface area contributed by atoms with Gasteiger partial charge in [0.05, 0.1) is 11.1 Å². The topological polar surface area (TPSA) is 197 Å².